The van der Waals surface area contributed by atoms with Gasteiger partial charge in [-0.1, -0.05) is 34.1 Å². The Morgan fingerprint density at radius 2 is 1.94 bits per heavy atom. The van der Waals surface area contributed by atoms with Gasteiger partial charge in [0.1, 0.15) is 12.2 Å². The second-order valence-corrected chi connectivity index (χ2v) is 10.4. The molecule has 0 aliphatic rings. The molecule has 182 valence electrons. The van der Waals surface area contributed by atoms with Crippen molar-refractivity contribution in [2.75, 3.05) is 6.61 Å². The van der Waals surface area contributed by atoms with E-state index < -0.39 is 5.91 Å². The van der Waals surface area contributed by atoms with E-state index in [9.17, 15) is 10.1 Å². The molecule has 1 N–H and O–H groups in total. The number of nitriles is 1. The monoisotopic (exact) mass is 721 g/mol. The highest BCUT2D eigenvalue weighted by molar-refractivity contribution is 14.1. The zero-order valence-electron chi connectivity index (χ0n) is 18.8. The number of hydrogen-bond donors (Lipinski definition) is 1. The fourth-order valence-electron chi connectivity index (χ4n) is 3.34. The number of amides is 1. The Kier molecular flexibility index (Phi) is 8.66. The normalized spacial score (nSPS) is 11.0. The van der Waals surface area contributed by atoms with Gasteiger partial charge in [-0.25, -0.2) is 5.43 Å². The fraction of sp³-hybridized carbons (Fsp3) is 0.115. The van der Waals surface area contributed by atoms with Crippen molar-refractivity contribution in [1.29, 1.82) is 5.26 Å². The van der Waals surface area contributed by atoms with Crippen LogP contribution in [0.1, 0.15) is 34.2 Å². The van der Waals surface area contributed by atoms with E-state index in [1.54, 1.807) is 24.3 Å². The van der Waals surface area contributed by atoms with Gasteiger partial charge < -0.3 is 13.9 Å². The first-order valence-electron chi connectivity index (χ1n) is 10.7. The number of ether oxygens (including phenoxy) is 2. The van der Waals surface area contributed by atoms with Crippen molar-refractivity contribution in [2.45, 2.75) is 13.5 Å². The Balaban J connectivity index is 1.49. The predicted octanol–water partition coefficient (Wildman–Crippen LogP) is 7.18. The highest BCUT2D eigenvalue weighted by Crippen LogP contribution is 2.34. The molecule has 4 aromatic rings. The van der Waals surface area contributed by atoms with E-state index >= 15 is 0 Å². The Morgan fingerprint density at radius 1 is 1.17 bits per heavy atom. The summed E-state index contributed by atoms with van der Waals surface area (Å²) in [4.78, 5) is 12.6. The molecule has 3 aromatic carbocycles. The fourth-order valence-corrected chi connectivity index (χ4v) is 5.43. The molecular weight excluding hydrogens is 705 g/mol. The number of carbonyl (C=O) groups is 1. The van der Waals surface area contributed by atoms with Gasteiger partial charge in [0, 0.05) is 25.5 Å². The smallest absolute Gasteiger partial charge is 0.307 e. The average Bonchev–Trinajstić information content (AvgIpc) is 3.29. The number of hydrogen-bond acceptors (Lipinski definition) is 6. The van der Waals surface area contributed by atoms with Gasteiger partial charge in [-0.3, -0.25) is 4.79 Å². The molecule has 36 heavy (non-hydrogen) atoms. The van der Waals surface area contributed by atoms with Crippen LogP contribution in [-0.4, -0.2) is 18.7 Å². The van der Waals surface area contributed by atoms with Gasteiger partial charge in [-0.05, 0) is 81.8 Å². The van der Waals surface area contributed by atoms with Crippen LogP contribution in [0.15, 0.2) is 73.1 Å². The molecule has 0 radical (unpaired) electrons. The van der Waals surface area contributed by atoms with Crippen LogP contribution in [0.3, 0.4) is 0 Å². The van der Waals surface area contributed by atoms with Crippen LogP contribution in [0.5, 0.6) is 11.5 Å². The van der Waals surface area contributed by atoms with Crippen LogP contribution in [0, 0.1) is 14.9 Å². The molecule has 0 unspecified atom stereocenters. The molecule has 0 atom stereocenters. The molecule has 1 amide bonds. The van der Waals surface area contributed by atoms with Crippen LogP contribution in [0.4, 0.5) is 0 Å². The number of halogens is 3. The van der Waals surface area contributed by atoms with E-state index in [-0.39, 0.29) is 12.4 Å². The van der Waals surface area contributed by atoms with Gasteiger partial charge in [-0.2, -0.15) is 10.4 Å². The largest absolute Gasteiger partial charge is 0.490 e. The molecule has 0 aliphatic heterocycles. The number of fused-ring (bicyclic) bond motifs is 1. The van der Waals surface area contributed by atoms with Gasteiger partial charge in [0.25, 0.3) is 0 Å². The van der Waals surface area contributed by atoms with Gasteiger partial charge >= 0.3 is 5.91 Å². The average molecular weight is 723 g/mol. The predicted molar refractivity (Wildman–Crippen MR) is 152 cm³/mol. The maximum absolute atomic E-state index is 12.6. The van der Waals surface area contributed by atoms with Gasteiger partial charge in [0.2, 0.25) is 0 Å². The molecular formula is C26H18Br2IN3O4. The number of nitrogens with one attached hydrogen (secondary N) is 1. The zero-order chi connectivity index (χ0) is 25.7. The lowest BCUT2D eigenvalue weighted by Gasteiger charge is -2.14. The van der Waals surface area contributed by atoms with E-state index in [1.165, 1.54) is 6.21 Å². The number of rotatable bonds is 8. The quantitative estimate of drug-likeness (QED) is 0.118. The van der Waals surface area contributed by atoms with Crippen LogP contribution in [-0.2, 0) is 6.61 Å². The highest BCUT2D eigenvalue weighted by Gasteiger charge is 2.15. The maximum Gasteiger partial charge on any atom is 0.307 e. The number of hydrazone groups is 1. The third-order valence-electron chi connectivity index (χ3n) is 5.01. The molecule has 0 fully saturated rings. The minimum atomic E-state index is -0.466. The molecule has 4 rings (SSSR count). The van der Waals surface area contributed by atoms with Crippen molar-refractivity contribution < 1.29 is 18.7 Å². The Labute approximate surface area is 237 Å². The van der Waals surface area contributed by atoms with Crippen molar-refractivity contribution in [3.63, 3.8) is 0 Å². The van der Waals surface area contributed by atoms with E-state index in [4.69, 9.17) is 13.9 Å². The van der Waals surface area contributed by atoms with E-state index in [1.807, 2.05) is 37.3 Å². The first-order chi connectivity index (χ1) is 17.4. The van der Waals surface area contributed by atoms with E-state index in [0.29, 0.717) is 39.3 Å². The van der Waals surface area contributed by atoms with E-state index in [0.717, 1.165) is 19.0 Å². The Morgan fingerprint density at radius 3 is 2.72 bits per heavy atom. The number of nitrogens with zero attached hydrogens (tertiary/aromatic N) is 2. The minimum absolute atomic E-state index is 0.161. The first-order valence-corrected chi connectivity index (χ1v) is 13.3. The molecule has 1 heterocycles. The Hall–Kier alpha value is -2.88. The van der Waals surface area contributed by atoms with Crippen LogP contribution in [0.25, 0.3) is 11.0 Å². The van der Waals surface area contributed by atoms with Crippen LogP contribution in [0.2, 0.25) is 0 Å². The second-order valence-electron chi connectivity index (χ2n) is 7.43. The number of benzene rings is 3. The third kappa shape index (κ3) is 6.08. The van der Waals surface area contributed by atoms with Gasteiger partial charge in [0.15, 0.2) is 17.3 Å². The summed E-state index contributed by atoms with van der Waals surface area (Å²) in [6, 6.07) is 18.4. The summed E-state index contributed by atoms with van der Waals surface area (Å²) in [5, 5.41) is 14.2. The van der Waals surface area contributed by atoms with Crippen molar-refractivity contribution in [2.24, 2.45) is 5.10 Å². The highest BCUT2D eigenvalue weighted by atomic mass is 127. The Bertz CT molecular complexity index is 1510. The summed E-state index contributed by atoms with van der Waals surface area (Å²) in [6.07, 6.45) is 1.50. The van der Waals surface area contributed by atoms with Crippen molar-refractivity contribution in [3.8, 4) is 17.6 Å². The first kappa shape index (κ1) is 26.2. The zero-order valence-corrected chi connectivity index (χ0v) is 24.2. The summed E-state index contributed by atoms with van der Waals surface area (Å²) in [5.41, 5.74) is 5.14. The molecule has 0 saturated carbocycles. The molecule has 0 bridgehead atoms. The second kappa shape index (κ2) is 11.9. The molecule has 1 aromatic heterocycles. The van der Waals surface area contributed by atoms with Crippen LogP contribution >= 0.6 is 54.5 Å². The molecule has 0 saturated heterocycles. The third-order valence-corrected chi connectivity index (χ3v) is 6.96. The summed E-state index contributed by atoms with van der Waals surface area (Å²) >= 11 is 9.13. The molecule has 0 aliphatic carbocycles. The molecule has 7 nitrogen and oxygen atoms in total. The van der Waals surface area contributed by atoms with Crippen LogP contribution < -0.4 is 14.9 Å². The standard InChI is InChI=1S/C26H18Br2IN3O4/c1-2-34-22-9-18(20(28)11-23(22)35-14-16-6-4-3-5-15(16)12-30)13-31-32-26(33)24-8-17-7-19(27)10-21(29)25(17)36-24/h3-11,13H,2,14H2,1H3,(H,32,33)/b31-13-. The summed E-state index contributed by atoms with van der Waals surface area (Å²) in [7, 11) is 0. The van der Waals surface area contributed by atoms with Crippen molar-refractivity contribution in [3.05, 3.63) is 89.6 Å². The van der Waals surface area contributed by atoms with Crippen molar-refractivity contribution in [1.82, 2.24) is 5.43 Å². The van der Waals surface area contributed by atoms with Gasteiger partial charge in [-0.15, -0.1) is 0 Å². The summed E-state index contributed by atoms with van der Waals surface area (Å²) < 4.78 is 19.9. The summed E-state index contributed by atoms with van der Waals surface area (Å²) in [5.74, 6) is 0.723. The minimum Gasteiger partial charge on any atom is -0.490 e. The number of furan rings is 1. The maximum atomic E-state index is 12.6. The topological polar surface area (TPSA) is 96.8 Å². The molecule has 0 spiro atoms. The lowest BCUT2D eigenvalue weighted by molar-refractivity contribution is 0.0929. The lowest BCUT2D eigenvalue weighted by atomic mass is 10.1. The molecule has 10 heteroatoms. The lowest BCUT2D eigenvalue weighted by Crippen LogP contribution is -2.16. The number of carbonyl (C=O) groups excluding carboxylic acids is 1. The van der Waals surface area contributed by atoms with E-state index in [2.05, 4.69) is 71.0 Å². The van der Waals surface area contributed by atoms with Gasteiger partial charge in [0.05, 0.1) is 28.0 Å². The summed E-state index contributed by atoms with van der Waals surface area (Å²) in [6.45, 7) is 2.52. The SMILES string of the molecule is CCOc1cc(/C=N\NC(=O)c2cc3cc(Br)cc(I)c3o2)c(Br)cc1OCc1ccccc1C#N. The van der Waals surface area contributed by atoms with Crippen molar-refractivity contribution >= 4 is 77.5 Å².